The number of fused-ring (bicyclic) bond motifs is 1. The lowest BCUT2D eigenvalue weighted by Gasteiger charge is -2.25. The maximum absolute atomic E-state index is 12.6. The van der Waals surface area contributed by atoms with Crippen molar-refractivity contribution in [3.8, 4) is 22.8 Å². The summed E-state index contributed by atoms with van der Waals surface area (Å²) in [4.78, 5) is 14.7. The Labute approximate surface area is 179 Å². The summed E-state index contributed by atoms with van der Waals surface area (Å²) in [6.07, 6.45) is 0. The molecule has 156 valence electrons. The van der Waals surface area contributed by atoms with E-state index < -0.39 is 0 Å². The summed E-state index contributed by atoms with van der Waals surface area (Å²) in [5.41, 5.74) is 2.04. The van der Waals surface area contributed by atoms with Crippen LogP contribution in [0.5, 0.6) is 11.5 Å². The Morgan fingerprint density at radius 2 is 1.83 bits per heavy atom. The quantitative estimate of drug-likeness (QED) is 0.644. The van der Waals surface area contributed by atoms with Gasteiger partial charge in [-0.2, -0.15) is 0 Å². The van der Waals surface area contributed by atoms with Crippen LogP contribution in [0.3, 0.4) is 0 Å². The number of amides is 1. The molecule has 0 fully saturated rings. The Hall–Kier alpha value is -3.03. The number of hydrogen-bond acceptors (Lipinski definition) is 6. The largest absolute Gasteiger partial charge is 0.486 e. The third kappa shape index (κ3) is 4.42. The average Bonchev–Trinajstić information content (AvgIpc) is 3.25. The van der Waals surface area contributed by atoms with Gasteiger partial charge in [-0.15, -0.1) is 0 Å². The Bertz CT molecular complexity index is 1030. The number of rotatable bonds is 6. The SMILES string of the molecule is CN(C)[C@@H](CNC(=O)c1cc(-c2ccc3c(c2)OCCO3)on1)c1ccc(Cl)cc1. The number of hydrogen-bond donors (Lipinski definition) is 1. The minimum Gasteiger partial charge on any atom is -0.486 e. The first-order chi connectivity index (χ1) is 14.5. The number of carbonyl (C=O) groups excluding carboxylic acids is 1. The second kappa shape index (κ2) is 8.77. The summed E-state index contributed by atoms with van der Waals surface area (Å²) in [7, 11) is 3.92. The van der Waals surface area contributed by atoms with Crippen molar-refractivity contribution < 1.29 is 18.8 Å². The number of halogens is 1. The van der Waals surface area contributed by atoms with E-state index in [1.807, 2.05) is 61.5 Å². The van der Waals surface area contributed by atoms with E-state index in [-0.39, 0.29) is 17.6 Å². The fourth-order valence-electron chi connectivity index (χ4n) is 3.28. The molecule has 0 unspecified atom stereocenters. The van der Waals surface area contributed by atoms with Gasteiger partial charge in [-0.05, 0) is 50.0 Å². The standard InChI is InChI=1S/C22H22ClN3O4/c1-26(2)18(14-3-6-16(23)7-4-14)13-24-22(27)17-12-20(30-25-17)15-5-8-19-21(11-15)29-10-9-28-19/h3-8,11-12,18H,9-10,13H2,1-2H3,(H,24,27)/t18-/m0/s1. The van der Waals surface area contributed by atoms with Gasteiger partial charge in [0, 0.05) is 23.2 Å². The van der Waals surface area contributed by atoms with Crippen LogP contribution in [-0.2, 0) is 0 Å². The maximum atomic E-state index is 12.6. The van der Waals surface area contributed by atoms with Crippen molar-refractivity contribution in [2.45, 2.75) is 6.04 Å². The second-order valence-corrected chi connectivity index (χ2v) is 7.61. The highest BCUT2D eigenvalue weighted by Gasteiger charge is 2.19. The molecule has 3 aromatic rings. The van der Waals surface area contributed by atoms with E-state index >= 15 is 0 Å². The van der Waals surface area contributed by atoms with Gasteiger partial charge in [0.05, 0.1) is 6.04 Å². The summed E-state index contributed by atoms with van der Waals surface area (Å²) < 4.78 is 16.5. The number of nitrogens with one attached hydrogen (secondary N) is 1. The molecule has 30 heavy (non-hydrogen) atoms. The van der Waals surface area contributed by atoms with Crippen LogP contribution in [0.2, 0.25) is 5.02 Å². The number of nitrogens with zero attached hydrogens (tertiary/aromatic N) is 2. The van der Waals surface area contributed by atoms with E-state index in [1.54, 1.807) is 6.07 Å². The van der Waals surface area contributed by atoms with Crippen LogP contribution < -0.4 is 14.8 Å². The molecule has 1 aromatic heterocycles. The summed E-state index contributed by atoms with van der Waals surface area (Å²) in [6.45, 7) is 1.45. The molecule has 1 aliphatic heterocycles. The Morgan fingerprint density at radius 3 is 2.57 bits per heavy atom. The molecular weight excluding hydrogens is 406 g/mol. The van der Waals surface area contributed by atoms with Crippen molar-refractivity contribution in [1.29, 1.82) is 0 Å². The summed E-state index contributed by atoms with van der Waals surface area (Å²) in [5, 5.41) is 7.52. The van der Waals surface area contributed by atoms with Gasteiger partial charge in [0.2, 0.25) is 0 Å². The van der Waals surface area contributed by atoms with E-state index in [9.17, 15) is 4.79 Å². The highest BCUT2D eigenvalue weighted by molar-refractivity contribution is 6.30. The molecule has 1 atom stereocenters. The zero-order chi connectivity index (χ0) is 21.1. The predicted octanol–water partition coefficient (Wildman–Crippen LogP) is 3.80. The molecule has 2 heterocycles. The molecule has 8 heteroatoms. The van der Waals surface area contributed by atoms with Crippen LogP contribution >= 0.6 is 11.6 Å². The van der Waals surface area contributed by atoms with Crippen LogP contribution in [0.25, 0.3) is 11.3 Å². The van der Waals surface area contributed by atoms with E-state index in [0.29, 0.717) is 42.0 Å². The van der Waals surface area contributed by atoms with Crippen LogP contribution in [0.15, 0.2) is 53.1 Å². The van der Waals surface area contributed by atoms with Crippen molar-refractivity contribution in [2.24, 2.45) is 0 Å². The first-order valence-corrected chi connectivity index (χ1v) is 9.96. The van der Waals surface area contributed by atoms with Crippen molar-refractivity contribution in [2.75, 3.05) is 33.9 Å². The van der Waals surface area contributed by atoms with Gasteiger partial charge in [0.1, 0.15) is 13.2 Å². The maximum Gasteiger partial charge on any atom is 0.273 e. The van der Waals surface area contributed by atoms with E-state index in [4.69, 9.17) is 25.6 Å². The number of likely N-dealkylation sites (N-methyl/N-ethyl adjacent to an activating group) is 1. The fourth-order valence-corrected chi connectivity index (χ4v) is 3.40. The van der Waals surface area contributed by atoms with Crippen LogP contribution in [0.1, 0.15) is 22.1 Å². The average molecular weight is 428 g/mol. The van der Waals surface area contributed by atoms with Gasteiger partial charge in [-0.1, -0.05) is 28.9 Å². The first-order valence-electron chi connectivity index (χ1n) is 9.58. The molecule has 0 radical (unpaired) electrons. The predicted molar refractivity (Wildman–Crippen MR) is 113 cm³/mol. The third-order valence-corrected chi connectivity index (χ3v) is 5.16. The van der Waals surface area contributed by atoms with Crippen LogP contribution in [0, 0.1) is 0 Å². The highest BCUT2D eigenvalue weighted by Crippen LogP contribution is 2.34. The summed E-state index contributed by atoms with van der Waals surface area (Å²) in [5.74, 6) is 1.53. The molecule has 1 amide bonds. The third-order valence-electron chi connectivity index (χ3n) is 4.90. The molecule has 7 nitrogen and oxygen atoms in total. The van der Waals surface area contributed by atoms with Crippen molar-refractivity contribution in [3.63, 3.8) is 0 Å². The normalized spacial score (nSPS) is 13.9. The summed E-state index contributed by atoms with van der Waals surface area (Å²) >= 11 is 5.98. The Balaban J connectivity index is 1.44. The lowest BCUT2D eigenvalue weighted by molar-refractivity contribution is 0.0933. The zero-order valence-corrected chi connectivity index (χ0v) is 17.5. The number of ether oxygens (including phenoxy) is 2. The molecule has 0 bridgehead atoms. The van der Waals surface area contributed by atoms with E-state index in [1.165, 1.54) is 0 Å². The molecule has 1 aliphatic rings. The van der Waals surface area contributed by atoms with E-state index in [0.717, 1.165) is 11.1 Å². The molecule has 1 N–H and O–H groups in total. The Kier molecular flexibility index (Phi) is 5.92. The lowest BCUT2D eigenvalue weighted by Crippen LogP contribution is -2.34. The second-order valence-electron chi connectivity index (χ2n) is 7.18. The molecule has 4 rings (SSSR count). The van der Waals surface area contributed by atoms with Crippen molar-refractivity contribution >= 4 is 17.5 Å². The van der Waals surface area contributed by atoms with Gasteiger partial charge in [-0.3, -0.25) is 4.79 Å². The molecular formula is C22H22ClN3O4. The topological polar surface area (TPSA) is 76.8 Å². The van der Waals surface area contributed by atoms with Gasteiger partial charge in [0.25, 0.3) is 5.91 Å². The molecule has 0 saturated heterocycles. The van der Waals surface area contributed by atoms with Gasteiger partial charge in [-0.25, -0.2) is 0 Å². The molecule has 0 saturated carbocycles. The van der Waals surface area contributed by atoms with Crippen molar-refractivity contribution in [1.82, 2.24) is 15.4 Å². The smallest absolute Gasteiger partial charge is 0.273 e. The van der Waals surface area contributed by atoms with E-state index in [2.05, 4.69) is 10.5 Å². The van der Waals surface area contributed by atoms with Gasteiger partial charge in [0.15, 0.2) is 23.0 Å². The minimum absolute atomic E-state index is 0.00428. The lowest BCUT2D eigenvalue weighted by atomic mass is 10.1. The zero-order valence-electron chi connectivity index (χ0n) is 16.7. The van der Waals surface area contributed by atoms with Gasteiger partial charge < -0.3 is 24.2 Å². The van der Waals surface area contributed by atoms with Crippen LogP contribution in [-0.4, -0.2) is 49.8 Å². The molecule has 0 spiro atoms. The molecule has 2 aromatic carbocycles. The minimum atomic E-state index is -0.302. The summed E-state index contributed by atoms with van der Waals surface area (Å²) in [6, 6.07) is 14.7. The monoisotopic (exact) mass is 427 g/mol. The number of aromatic nitrogens is 1. The highest BCUT2D eigenvalue weighted by atomic mass is 35.5. The van der Waals surface area contributed by atoms with Crippen LogP contribution in [0.4, 0.5) is 0 Å². The van der Waals surface area contributed by atoms with Crippen molar-refractivity contribution in [3.05, 3.63) is 64.8 Å². The Morgan fingerprint density at radius 1 is 1.10 bits per heavy atom. The number of benzene rings is 2. The van der Waals surface area contributed by atoms with Gasteiger partial charge >= 0.3 is 0 Å². The fraction of sp³-hybridized carbons (Fsp3) is 0.273. The molecule has 0 aliphatic carbocycles. The first kappa shape index (κ1) is 20.3. The number of carbonyl (C=O) groups is 1.